The minimum atomic E-state index is -0.165. The molecule has 0 heterocycles. The fraction of sp³-hybridized carbons (Fsp3) is 0.294. The van der Waals surface area contributed by atoms with E-state index in [0.717, 1.165) is 15.7 Å². The van der Waals surface area contributed by atoms with Crippen molar-refractivity contribution in [2.75, 3.05) is 5.75 Å². The number of amides is 1. The Morgan fingerprint density at radius 1 is 1.17 bits per heavy atom. The van der Waals surface area contributed by atoms with Crippen molar-refractivity contribution in [1.29, 1.82) is 0 Å². The van der Waals surface area contributed by atoms with Crippen molar-refractivity contribution in [3.8, 4) is 0 Å². The van der Waals surface area contributed by atoms with Gasteiger partial charge in [-0.15, -0.1) is 11.8 Å². The molecule has 0 atom stereocenters. The number of thiocarbonyl (C=S) groups is 1. The van der Waals surface area contributed by atoms with E-state index in [1.165, 1.54) is 11.8 Å². The summed E-state index contributed by atoms with van der Waals surface area (Å²) in [4.78, 5) is 13.0. The number of halogens is 1. The van der Waals surface area contributed by atoms with Crippen LogP contribution >= 0.6 is 35.6 Å². The number of benzene rings is 2. The van der Waals surface area contributed by atoms with Gasteiger partial charge in [-0.1, -0.05) is 35.9 Å². The van der Waals surface area contributed by atoms with Crippen LogP contribution in [-0.4, -0.2) is 22.3 Å². The minimum Gasteiger partial charge on any atom is -0.357 e. The second kappa shape index (κ2) is 8.05. The average Bonchev–Trinajstić information content (AvgIpc) is 2.49. The van der Waals surface area contributed by atoms with Gasteiger partial charge in [0.15, 0.2) is 5.11 Å². The van der Waals surface area contributed by atoms with E-state index in [1.807, 2.05) is 57.2 Å². The summed E-state index contributed by atoms with van der Waals surface area (Å²) in [6.07, 6.45) is 0. The highest BCUT2D eigenvalue weighted by Crippen LogP contribution is 2.32. The SMILES string of the molecule is CC(C)(C)NC(=S)NNC(=O)CSc1cccc2cccc(Cl)c12. The maximum absolute atomic E-state index is 12.0. The lowest BCUT2D eigenvalue weighted by molar-refractivity contribution is -0.119. The van der Waals surface area contributed by atoms with Crippen LogP contribution in [0.2, 0.25) is 5.02 Å². The minimum absolute atomic E-state index is 0.163. The topological polar surface area (TPSA) is 53.2 Å². The number of fused-ring (bicyclic) bond motifs is 1. The number of rotatable bonds is 3. The van der Waals surface area contributed by atoms with Gasteiger partial charge in [0, 0.05) is 20.8 Å². The van der Waals surface area contributed by atoms with Crippen LogP contribution in [0.4, 0.5) is 0 Å². The second-order valence-corrected chi connectivity index (χ2v) is 8.09. The fourth-order valence-corrected chi connectivity index (χ4v) is 3.66. The highest BCUT2D eigenvalue weighted by atomic mass is 35.5. The number of thioether (sulfide) groups is 1. The molecule has 0 unspecified atom stereocenters. The van der Waals surface area contributed by atoms with Crippen molar-refractivity contribution in [2.45, 2.75) is 31.2 Å². The first-order valence-corrected chi connectivity index (χ1v) is 9.20. The van der Waals surface area contributed by atoms with Crippen molar-refractivity contribution in [3.63, 3.8) is 0 Å². The lowest BCUT2D eigenvalue weighted by atomic mass is 10.1. The Balaban J connectivity index is 1.92. The first kappa shape index (κ1) is 18.8. The number of carbonyl (C=O) groups is 1. The molecule has 2 aromatic carbocycles. The Morgan fingerprint density at radius 3 is 2.50 bits per heavy atom. The maximum atomic E-state index is 12.0. The highest BCUT2D eigenvalue weighted by Gasteiger charge is 2.12. The number of carbonyl (C=O) groups excluding carboxylic acids is 1. The first-order valence-electron chi connectivity index (χ1n) is 7.43. The van der Waals surface area contributed by atoms with E-state index in [4.69, 9.17) is 23.8 Å². The highest BCUT2D eigenvalue weighted by molar-refractivity contribution is 8.00. The molecular formula is C17H20ClN3OS2. The molecule has 0 spiro atoms. The van der Waals surface area contributed by atoms with Crippen LogP contribution < -0.4 is 16.2 Å². The molecule has 7 heteroatoms. The summed E-state index contributed by atoms with van der Waals surface area (Å²) in [7, 11) is 0. The summed E-state index contributed by atoms with van der Waals surface area (Å²) < 4.78 is 0. The summed E-state index contributed by atoms with van der Waals surface area (Å²) in [5.41, 5.74) is 5.13. The van der Waals surface area contributed by atoms with Gasteiger partial charge in [0.05, 0.1) is 5.75 Å². The van der Waals surface area contributed by atoms with Gasteiger partial charge in [-0.2, -0.15) is 0 Å². The van der Waals surface area contributed by atoms with Gasteiger partial charge in [-0.05, 0) is 50.5 Å². The molecule has 0 aliphatic carbocycles. The molecule has 128 valence electrons. The van der Waals surface area contributed by atoms with Gasteiger partial charge >= 0.3 is 0 Å². The van der Waals surface area contributed by atoms with Crippen molar-refractivity contribution < 1.29 is 4.79 Å². The Bertz CT molecular complexity index is 754. The molecule has 0 saturated heterocycles. The third kappa shape index (κ3) is 5.54. The molecule has 0 aliphatic rings. The van der Waals surface area contributed by atoms with Crippen LogP contribution in [-0.2, 0) is 4.79 Å². The smallest absolute Gasteiger partial charge is 0.248 e. The molecule has 0 aliphatic heterocycles. The van der Waals surface area contributed by atoms with Gasteiger partial charge in [0.25, 0.3) is 0 Å². The fourth-order valence-electron chi connectivity index (χ4n) is 2.06. The first-order chi connectivity index (χ1) is 11.3. The van der Waals surface area contributed by atoms with Crippen LogP contribution in [0.15, 0.2) is 41.3 Å². The van der Waals surface area contributed by atoms with Crippen LogP contribution in [0, 0.1) is 0 Å². The van der Waals surface area contributed by atoms with E-state index >= 15 is 0 Å². The third-order valence-corrected chi connectivity index (χ3v) is 4.56. The van der Waals surface area contributed by atoms with E-state index in [2.05, 4.69) is 16.2 Å². The van der Waals surface area contributed by atoms with Gasteiger partial charge < -0.3 is 5.32 Å². The van der Waals surface area contributed by atoms with E-state index in [1.54, 1.807) is 0 Å². The van der Waals surface area contributed by atoms with Gasteiger partial charge in [-0.3, -0.25) is 15.6 Å². The van der Waals surface area contributed by atoms with E-state index < -0.39 is 0 Å². The number of hydrogen-bond acceptors (Lipinski definition) is 3. The molecule has 0 saturated carbocycles. The molecule has 4 nitrogen and oxygen atoms in total. The lowest BCUT2D eigenvalue weighted by Gasteiger charge is -2.23. The normalized spacial score (nSPS) is 11.2. The molecule has 0 radical (unpaired) electrons. The van der Waals surface area contributed by atoms with E-state index in [0.29, 0.717) is 10.1 Å². The quantitative estimate of drug-likeness (QED) is 0.428. The van der Waals surface area contributed by atoms with E-state index in [-0.39, 0.29) is 17.2 Å². The zero-order chi connectivity index (χ0) is 17.7. The zero-order valence-corrected chi connectivity index (χ0v) is 16.2. The third-order valence-electron chi connectivity index (χ3n) is 2.98. The Labute approximate surface area is 156 Å². The van der Waals surface area contributed by atoms with Gasteiger partial charge in [0.2, 0.25) is 5.91 Å². The standard InChI is InChI=1S/C17H20ClN3OS2/c1-17(2,3)19-16(23)21-20-14(22)10-24-13-9-5-7-11-6-4-8-12(18)15(11)13/h4-9H,10H2,1-3H3,(H,20,22)(H2,19,21,23). The Hall–Kier alpha value is -1.50. The summed E-state index contributed by atoms with van der Waals surface area (Å²) >= 11 is 12.8. The van der Waals surface area contributed by atoms with Gasteiger partial charge in [-0.25, -0.2) is 0 Å². The average molecular weight is 382 g/mol. The predicted octanol–water partition coefficient (Wildman–Crippen LogP) is 3.88. The molecule has 2 aromatic rings. The van der Waals surface area contributed by atoms with Crippen LogP contribution in [0.5, 0.6) is 0 Å². The summed E-state index contributed by atoms with van der Waals surface area (Å²) in [6.45, 7) is 5.97. The molecular weight excluding hydrogens is 362 g/mol. The van der Waals surface area contributed by atoms with Crippen LogP contribution in [0.3, 0.4) is 0 Å². The van der Waals surface area contributed by atoms with Crippen LogP contribution in [0.1, 0.15) is 20.8 Å². The van der Waals surface area contributed by atoms with Crippen molar-refractivity contribution in [1.82, 2.24) is 16.2 Å². The molecule has 0 aromatic heterocycles. The van der Waals surface area contributed by atoms with E-state index in [9.17, 15) is 4.79 Å². The number of hydrazine groups is 1. The molecule has 1 amide bonds. The predicted molar refractivity (Wildman–Crippen MR) is 106 cm³/mol. The summed E-state index contributed by atoms with van der Waals surface area (Å²) in [6, 6.07) is 11.7. The summed E-state index contributed by atoms with van der Waals surface area (Å²) in [5, 5.41) is 6.16. The van der Waals surface area contributed by atoms with Gasteiger partial charge in [0.1, 0.15) is 0 Å². The molecule has 3 N–H and O–H groups in total. The molecule has 24 heavy (non-hydrogen) atoms. The molecule has 0 fully saturated rings. The second-order valence-electron chi connectivity index (χ2n) is 6.26. The Morgan fingerprint density at radius 2 is 1.83 bits per heavy atom. The van der Waals surface area contributed by atoms with Crippen molar-refractivity contribution >= 4 is 57.4 Å². The monoisotopic (exact) mass is 381 g/mol. The molecule has 0 bridgehead atoms. The molecule has 2 rings (SSSR count). The maximum Gasteiger partial charge on any atom is 0.248 e. The van der Waals surface area contributed by atoms with Crippen LogP contribution in [0.25, 0.3) is 10.8 Å². The van der Waals surface area contributed by atoms with Crippen molar-refractivity contribution in [3.05, 3.63) is 41.4 Å². The summed E-state index contributed by atoms with van der Waals surface area (Å²) in [5.74, 6) is 0.0947. The zero-order valence-electron chi connectivity index (χ0n) is 13.8. The largest absolute Gasteiger partial charge is 0.357 e. The number of hydrogen-bond donors (Lipinski definition) is 3. The number of nitrogens with one attached hydrogen (secondary N) is 3. The Kier molecular flexibility index (Phi) is 6.32. The van der Waals surface area contributed by atoms with Crippen molar-refractivity contribution in [2.24, 2.45) is 0 Å². The lowest BCUT2D eigenvalue weighted by Crippen LogP contribution is -2.52.